The number of ether oxygens (including phenoxy) is 1. The molecule has 130 valence electrons. The summed E-state index contributed by atoms with van der Waals surface area (Å²) in [6, 6.07) is 14.7. The first-order valence-corrected chi connectivity index (χ1v) is 8.53. The zero-order valence-corrected chi connectivity index (χ0v) is 14.6. The predicted molar refractivity (Wildman–Crippen MR) is 97.5 cm³/mol. The van der Waals surface area contributed by atoms with Gasteiger partial charge in [0, 0.05) is 10.4 Å². The second-order valence-electron chi connectivity index (χ2n) is 5.38. The Bertz CT molecular complexity index is 977. The van der Waals surface area contributed by atoms with Crippen molar-refractivity contribution >= 4 is 22.4 Å². The van der Waals surface area contributed by atoms with Crippen LogP contribution in [0.4, 0.5) is 9.52 Å². The number of nitrogens with one attached hydrogen (secondary N) is 1. The molecular formula is C19H14FN3O2S. The molecule has 7 heteroatoms. The van der Waals surface area contributed by atoms with Gasteiger partial charge in [-0.15, -0.1) is 11.3 Å². The third-order valence-electron chi connectivity index (χ3n) is 3.53. The van der Waals surface area contributed by atoms with Crippen LogP contribution in [0.1, 0.15) is 10.4 Å². The number of nitriles is 1. The SMILES string of the molecule is Cc1sc(NC(=O)COc2ccccc2C#N)nc1-c1ccc(F)cc1. The molecule has 1 N–H and O–H groups in total. The van der Waals surface area contributed by atoms with E-state index in [-0.39, 0.29) is 18.3 Å². The van der Waals surface area contributed by atoms with Crippen LogP contribution in [-0.4, -0.2) is 17.5 Å². The number of nitrogens with zero attached hydrogens (tertiary/aromatic N) is 2. The highest BCUT2D eigenvalue weighted by Crippen LogP contribution is 2.30. The van der Waals surface area contributed by atoms with Gasteiger partial charge >= 0.3 is 0 Å². The summed E-state index contributed by atoms with van der Waals surface area (Å²) in [5.41, 5.74) is 1.84. The van der Waals surface area contributed by atoms with Crippen molar-refractivity contribution in [2.45, 2.75) is 6.92 Å². The number of carbonyl (C=O) groups excluding carboxylic acids is 1. The number of benzene rings is 2. The molecule has 3 rings (SSSR count). The maximum absolute atomic E-state index is 13.1. The van der Waals surface area contributed by atoms with Crippen molar-refractivity contribution in [2.75, 3.05) is 11.9 Å². The largest absolute Gasteiger partial charge is 0.482 e. The van der Waals surface area contributed by atoms with Crippen molar-refractivity contribution in [3.8, 4) is 23.1 Å². The van der Waals surface area contributed by atoms with Crippen LogP contribution in [0.2, 0.25) is 0 Å². The molecule has 3 aromatic rings. The lowest BCUT2D eigenvalue weighted by Crippen LogP contribution is -2.20. The minimum atomic E-state index is -0.378. The highest BCUT2D eigenvalue weighted by Gasteiger charge is 2.13. The molecule has 0 spiro atoms. The molecule has 1 heterocycles. The van der Waals surface area contributed by atoms with Crippen molar-refractivity contribution in [1.82, 2.24) is 4.98 Å². The molecule has 1 amide bonds. The van der Waals surface area contributed by atoms with Crippen LogP contribution in [0.5, 0.6) is 5.75 Å². The van der Waals surface area contributed by atoms with Gasteiger partial charge in [-0.2, -0.15) is 5.26 Å². The monoisotopic (exact) mass is 367 g/mol. The Morgan fingerprint density at radius 1 is 1.27 bits per heavy atom. The number of aryl methyl sites for hydroxylation is 1. The first-order chi connectivity index (χ1) is 12.6. The minimum Gasteiger partial charge on any atom is -0.482 e. The standard InChI is InChI=1S/C19H14FN3O2S/c1-12-18(13-6-8-15(20)9-7-13)23-19(26-12)22-17(24)11-25-16-5-3-2-4-14(16)10-21/h2-9H,11H2,1H3,(H,22,23,24). The lowest BCUT2D eigenvalue weighted by Gasteiger charge is -2.06. The number of rotatable bonds is 5. The summed E-state index contributed by atoms with van der Waals surface area (Å²) in [5.74, 6) is -0.338. The van der Waals surface area contributed by atoms with E-state index in [4.69, 9.17) is 10.00 Å². The molecule has 0 radical (unpaired) electrons. The number of hydrogen-bond acceptors (Lipinski definition) is 5. The van der Waals surface area contributed by atoms with Crippen LogP contribution in [-0.2, 0) is 4.79 Å². The van der Waals surface area contributed by atoms with Gasteiger partial charge in [-0.05, 0) is 43.3 Å². The third kappa shape index (κ3) is 4.05. The number of carbonyl (C=O) groups is 1. The molecule has 0 atom stereocenters. The highest BCUT2D eigenvalue weighted by atomic mass is 32.1. The Morgan fingerprint density at radius 2 is 2.00 bits per heavy atom. The summed E-state index contributed by atoms with van der Waals surface area (Å²) in [5, 5.41) is 12.1. The lowest BCUT2D eigenvalue weighted by atomic mass is 10.1. The fraction of sp³-hybridized carbons (Fsp3) is 0.105. The molecule has 5 nitrogen and oxygen atoms in total. The second-order valence-corrected chi connectivity index (χ2v) is 6.58. The maximum Gasteiger partial charge on any atom is 0.264 e. The molecule has 26 heavy (non-hydrogen) atoms. The predicted octanol–water partition coefficient (Wildman–Crippen LogP) is 4.15. The zero-order valence-electron chi connectivity index (χ0n) is 13.8. The number of anilines is 1. The topological polar surface area (TPSA) is 75.0 Å². The first-order valence-electron chi connectivity index (χ1n) is 7.72. The van der Waals surface area contributed by atoms with Gasteiger partial charge in [-0.1, -0.05) is 12.1 Å². The smallest absolute Gasteiger partial charge is 0.264 e. The van der Waals surface area contributed by atoms with E-state index in [0.29, 0.717) is 22.1 Å². The van der Waals surface area contributed by atoms with Crippen LogP contribution >= 0.6 is 11.3 Å². The fourth-order valence-corrected chi connectivity index (χ4v) is 3.16. The normalized spacial score (nSPS) is 10.2. The summed E-state index contributed by atoms with van der Waals surface area (Å²) in [6.45, 7) is 1.65. The summed E-state index contributed by atoms with van der Waals surface area (Å²) in [4.78, 5) is 17.4. The number of thiazole rings is 1. The van der Waals surface area contributed by atoms with Crippen molar-refractivity contribution in [1.29, 1.82) is 5.26 Å². The van der Waals surface area contributed by atoms with Gasteiger partial charge < -0.3 is 4.74 Å². The van der Waals surface area contributed by atoms with Gasteiger partial charge in [-0.25, -0.2) is 9.37 Å². The van der Waals surface area contributed by atoms with E-state index in [0.717, 1.165) is 10.4 Å². The van der Waals surface area contributed by atoms with Crippen molar-refractivity contribution in [3.05, 3.63) is 64.8 Å². The second kappa shape index (κ2) is 7.76. The molecule has 1 aromatic heterocycles. The molecule has 0 aliphatic rings. The van der Waals surface area contributed by atoms with Crippen molar-refractivity contribution < 1.29 is 13.9 Å². The molecule has 0 bridgehead atoms. The summed E-state index contributed by atoms with van der Waals surface area (Å²) in [6.07, 6.45) is 0. The van der Waals surface area contributed by atoms with Crippen molar-refractivity contribution in [3.63, 3.8) is 0 Å². The summed E-state index contributed by atoms with van der Waals surface area (Å²) < 4.78 is 18.4. The Hall–Kier alpha value is -3.24. The third-order valence-corrected chi connectivity index (χ3v) is 4.41. The molecule has 0 saturated carbocycles. The van der Waals surface area contributed by atoms with E-state index >= 15 is 0 Å². The van der Waals surface area contributed by atoms with Gasteiger partial charge in [0.25, 0.3) is 5.91 Å². The minimum absolute atomic E-state index is 0.233. The van der Waals surface area contributed by atoms with E-state index in [1.54, 1.807) is 36.4 Å². The van der Waals surface area contributed by atoms with E-state index in [2.05, 4.69) is 10.3 Å². The first kappa shape index (κ1) is 17.6. The van der Waals surface area contributed by atoms with Gasteiger partial charge in [-0.3, -0.25) is 10.1 Å². The highest BCUT2D eigenvalue weighted by molar-refractivity contribution is 7.16. The van der Waals surface area contributed by atoms with E-state index < -0.39 is 0 Å². The lowest BCUT2D eigenvalue weighted by molar-refractivity contribution is -0.118. The molecule has 2 aromatic carbocycles. The Kier molecular flexibility index (Phi) is 5.25. The van der Waals surface area contributed by atoms with Crippen LogP contribution in [0, 0.1) is 24.1 Å². The number of para-hydroxylation sites is 1. The molecule has 0 saturated heterocycles. The number of halogens is 1. The Balaban J connectivity index is 1.66. The molecule has 0 aliphatic carbocycles. The van der Waals surface area contributed by atoms with Crippen LogP contribution in [0.3, 0.4) is 0 Å². The fourth-order valence-electron chi connectivity index (χ4n) is 2.31. The van der Waals surface area contributed by atoms with E-state index in [1.807, 2.05) is 13.0 Å². The Morgan fingerprint density at radius 3 is 2.73 bits per heavy atom. The zero-order chi connectivity index (χ0) is 18.5. The average molecular weight is 367 g/mol. The maximum atomic E-state index is 13.1. The van der Waals surface area contributed by atoms with Gasteiger partial charge in [0.1, 0.15) is 17.6 Å². The van der Waals surface area contributed by atoms with E-state index in [9.17, 15) is 9.18 Å². The number of amides is 1. The van der Waals surface area contributed by atoms with Crippen LogP contribution in [0.25, 0.3) is 11.3 Å². The van der Waals surface area contributed by atoms with Crippen LogP contribution in [0.15, 0.2) is 48.5 Å². The van der Waals surface area contributed by atoms with Crippen molar-refractivity contribution in [2.24, 2.45) is 0 Å². The quantitative estimate of drug-likeness (QED) is 0.735. The molecular weight excluding hydrogens is 353 g/mol. The summed E-state index contributed by atoms with van der Waals surface area (Å²) in [7, 11) is 0. The molecule has 0 unspecified atom stereocenters. The average Bonchev–Trinajstić information content (AvgIpc) is 3.01. The summed E-state index contributed by atoms with van der Waals surface area (Å²) >= 11 is 1.33. The molecule has 0 fully saturated rings. The van der Waals surface area contributed by atoms with E-state index in [1.165, 1.54) is 23.5 Å². The van der Waals surface area contributed by atoms with Gasteiger partial charge in [0.15, 0.2) is 11.7 Å². The van der Waals surface area contributed by atoms with Crippen LogP contribution < -0.4 is 10.1 Å². The Labute approximate surface area is 153 Å². The molecule has 0 aliphatic heterocycles. The van der Waals surface area contributed by atoms with Gasteiger partial charge in [0.2, 0.25) is 0 Å². The number of hydrogen-bond donors (Lipinski definition) is 1. The van der Waals surface area contributed by atoms with Gasteiger partial charge in [0.05, 0.1) is 11.3 Å². The number of aromatic nitrogens is 1.